The van der Waals surface area contributed by atoms with Gasteiger partial charge in [0.1, 0.15) is 13.2 Å². The molecule has 2 aliphatic rings. The molecule has 1 aromatic rings. The van der Waals surface area contributed by atoms with Crippen LogP contribution in [0.4, 0.5) is 0 Å². The fraction of sp³-hybridized carbons (Fsp3) is 0.550. The Morgan fingerprint density at radius 2 is 1.79 bits per heavy atom. The fourth-order valence-corrected chi connectivity index (χ4v) is 4.38. The molecule has 7 nitrogen and oxygen atoms in total. The molecular weight excluding hydrogens is 380 g/mol. The van der Waals surface area contributed by atoms with Crippen LogP contribution in [0.25, 0.3) is 0 Å². The van der Waals surface area contributed by atoms with Crippen molar-refractivity contribution in [1.29, 1.82) is 0 Å². The molecule has 8 heteroatoms. The monoisotopic (exact) mass is 408 g/mol. The van der Waals surface area contributed by atoms with E-state index in [1.165, 1.54) is 17.7 Å². The highest BCUT2D eigenvalue weighted by atomic mass is 32.2. The third-order valence-corrected chi connectivity index (χ3v) is 6.47. The molecule has 0 atom stereocenters. The summed E-state index contributed by atoms with van der Waals surface area (Å²) in [6, 6.07) is 4.62. The number of likely N-dealkylation sites (tertiary alicyclic amines) is 1. The van der Waals surface area contributed by atoms with Crippen molar-refractivity contribution in [1.82, 2.24) is 9.62 Å². The summed E-state index contributed by atoms with van der Waals surface area (Å²) in [5.74, 6) is 1.20. The number of fused-ring (bicyclic) bond motifs is 1. The number of rotatable bonds is 8. The van der Waals surface area contributed by atoms with Crippen molar-refractivity contribution < 1.29 is 22.7 Å². The molecule has 154 valence electrons. The van der Waals surface area contributed by atoms with Crippen LogP contribution in [-0.4, -0.2) is 52.1 Å². The van der Waals surface area contributed by atoms with Crippen molar-refractivity contribution in [2.75, 3.05) is 32.8 Å². The van der Waals surface area contributed by atoms with Crippen LogP contribution < -0.4 is 14.2 Å². The number of unbranched alkanes of at least 4 members (excludes halogenated alkanes) is 2. The number of nitrogens with one attached hydrogen (secondary N) is 1. The van der Waals surface area contributed by atoms with Crippen LogP contribution in [0.2, 0.25) is 0 Å². The summed E-state index contributed by atoms with van der Waals surface area (Å²) in [5.41, 5.74) is 1.22. The summed E-state index contributed by atoms with van der Waals surface area (Å²) in [4.78, 5) is 14.2. The van der Waals surface area contributed by atoms with E-state index in [1.54, 1.807) is 6.07 Å². The third kappa shape index (κ3) is 5.48. The summed E-state index contributed by atoms with van der Waals surface area (Å²) >= 11 is 0. The molecule has 3 rings (SSSR count). The van der Waals surface area contributed by atoms with E-state index in [9.17, 15) is 13.2 Å². The molecule has 2 heterocycles. The van der Waals surface area contributed by atoms with E-state index >= 15 is 0 Å². The lowest BCUT2D eigenvalue weighted by Crippen LogP contribution is -2.36. The molecule has 1 aromatic carbocycles. The smallest absolute Gasteiger partial charge is 0.240 e. The molecule has 0 saturated carbocycles. The topological polar surface area (TPSA) is 84.9 Å². The number of hydrogen-bond donors (Lipinski definition) is 1. The van der Waals surface area contributed by atoms with Gasteiger partial charge in [-0.05, 0) is 37.8 Å². The van der Waals surface area contributed by atoms with Gasteiger partial charge >= 0.3 is 0 Å². The van der Waals surface area contributed by atoms with Gasteiger partial charge in [-0.1, -0.05) is 18.6 Å². The molecule has 1 fully saturated rings. The van der Waals surface area contributed by atoms with Gasteiger partial charge in [0.25, 0.3) is 0 Å². The molecular formula is C20H28N2O5S. The van der Waals surface area contributed by atoms with Crippen molar-refractivity contribution in [2.24, 2.45) is 0 Å². The molecule has 0 bridgehead atoms. The van der Waals surface area contributed by atoms with Gasteiger partial charge in [0.2, 0.25) is 15.9 Å². The molecule has 2 aliphatic heterocycles. The highest BCUT2D eigenvalue weighted by Crippen LogP contribution is 2.32. The first-order valence-electron chi connectivity index (χ1n) is 9.79. The van der Waals surface area contributed by atoms with Crippen molar-refractivity contribution in [3.05, 3.63) is 30.4 Å². The maximum atomic E-state index is 12.4. The standard InChI is InChI=1S/C20H28N2O5S/c1-16-8-11-22(12-9-16)20(23)5-3-2-4-10-21-28(24,25)17-6-7-18-19(15-17)27-14-13-26-18/h6-7,15,21H,1-5,8-14H2. The number of nitrogens with zero attached hydrogens (tertiary/aromatic N) is 1. The van der Waals surface area contributed by atoms with Crippen LogP contribution in [0.15, 0.2) is 35.2 Å². The second-order valence-electron chi connectivity index (χ2n) is 7.14. The van der Waals surface area contributed by atoms with Crippen LogP contribution in [0.1, 0.15) is 38.5 Å². The maximum Gasteiger partial charge on any atom is 0.240 e. The average molecular weight is 409 g/mol. The molecule has 1 saturated heterocycles. The Kier molecular flexibility index (Phi) is 6.96. The Morgan fingerprint density at radius 3 is 2.54 bits per heavy atom. The van der Waals surface area contributed by atoms with Gasteiger partial charge in [-0.15, -0.1) is 0 Å². The Morgan fingerprint density at radius 1 is 1.07 bits per heavy atom. The van der Waals surface area contributed by atoms with Gasteiger partial charge in [-0.25, -0.2) is 13.1 Å². The highest BCUT2D eigenvalue weighted by molar-refractivity contribution is 7.89. The lowest BCUT2D eigenvalue weighted by atomic mass is 10.1. The van der Waals surface area contributed by atoms with E-state index in [0.29, 0.717) is 44.1 Å². The van der Waals surface area contributed by atoms with Crippen LogP contribution in [0.5, 0.6) is 11.5 Å². The molecule has 0 radical (unpaired) electrons. The van der Waals surface area contributed by atoms with E-state index in [2.05, 4.69) is 11.3 Å². The first-order valence-corrected chi connectivity index (χ1v) is 11.3. The number of carbonyl (C=O) groups excluding carboxylic acids is 1. The number of amides is 1. The summed E-state index contributed by atoms with van der Waals surface area (Å²) in [5, 5.41) is 0. The zero-order valence-electron chi connectivity index (χ0n) is 16.1. The molecule has 0 spiro atoms. The number of piperidine rings is 1. The van der Waals surface area contributed by atoms with Gasteiger partial charge in [0.05, 0.1) is 4.90 Å². The number of hydrogen-bond acceptors (Lipinski definition) is 5. The minimum Gasteiger partial charge on any atom is -0.486 e. The Bertz CT molecular complexity index is 812. The largest absolute Gasteiger partial charge is 0.486 e. The van der Waals surface area contributed by atoms with E-state index in [-0.39, 0.29) is 10.8 Å². The predicted octanol–water partition coefficient (Wildman–Crippen LogP) is 2.48. The van der Waals surface area contributed by atoms with Crippen molar-refractivity contribution in [3.63, 3.8) is 0 Å². The highest BCUT2D eigenvalue weighted by Gasteiger charge is 2.19. The fourth-order valence-electron chi connectivity index (χ4n) is 3.29. The number of sulfonamides is 1. The van der Waals surface area contributed by atoms with Crippen LogP contribution in [-0.2, 0) is 14.8 Å². The van der Waals surface area contributed by atoms with Gasteiger partial charge < -0.3 is 14.4 Å². The first kappa shape index (κ1) is 20.7. The average Bonchev–Trinajstić information content (AvgIpc) is 2.70. The minimum absolute atomic E-state index is 0.165. The molecule has 28 heavy (non-hydrogen) atoms. The first-order chi connectivity index (χ1) is 13.5. The summed E-state index contributed by atoms with van der Waals surface area (Å²) in [7, 11) is -3.59. The van der Waals surface area contributed by atoms with Crippen LogP contribution in [0, 0.1) is 0 Å². The Balaban J connectivity index is 1.36. The van der Waals surface area contributed by atoms with Crippen molar-refractivity contribution >= 4 is 15.9 Å². The van der Waals surface area contributed by atoms with Gasteiger partial charge in [0.15, 0.2) is 11.5 Å². The van der Waals surface area contributed by atoms with Gasteiger partial charge in [0, 0.05) is 32.1 Å². The van der Waals surface area contributed by atoms with Crippen molar-refractivity contribution in [2.45, 2.75) is 43.4 Å². The lowest BCUT2D eigenvalue weighted by molar-refractivity contribution is -0.131. The van der Waals surface area contributed by atoms with E-state index in [0.717, 1.165) is 38.8 Å². The predicted molar refractivity (Wildman–Crippen MR) is 106 cm³/mol. The molecule has 0 unspecified atom stereocenters. The quantitative estimate of drug-likeness (QED) is 0.528. The summed E-state index contributed by atoms with van der Waals surface area (Å²) in [6.07, 6.45) is 4.56. The molecule has 0 aliphatic carbocycles. The second-order valence-corrected chi connectivity index (χ2v) is 8.91. The number of benzene rings is 1. The zero-order chi connectivity index (χ0) is 20.0. The number of ether oxygens (including phenoxy) is 2. The van der Waals surface area contributed by atoms with Gasteiger partial charge in [-0.3, -0.25) is 4.79 Å². The van der Waals surface area contributed by atoms with Crippen LogP contribution >= 0.6 is 0 Å². The van der Waals surface area contributed by atoms with Crippen molar-refractivity contribution in [3.8, 4) is 11.5 Å². The minimum atomic E-state index is -3.59. The summed E-state index contributed by atoms with van der Waals surface area (Å²) in [6.45, 7) is 6.72. The molecule has 1 amide bonds. The second kappa shape index (κ2) is 9.43. The summed E-state index contributed by atoms with van der Waals surface area (Å²) < 4.78 is 38.3. The normalized spacial score (nSPS) is 16.9. The number of carbonyl (C=O) groups is 1. The third-order valence-electron chi connectivity index (χ3n) is 5.01. The Hall–Kier alpha value is -2.06. The van der Waals surface area contributed by atoms with E-state index in [4.69, 9.17) is 9.47 Å². The van der Waals surface area contributed by atoms with E-state index < -0.39 is 10.0 Å². The maximum absolute atomic E-state index is 12.4. The molecule has 0 aromatic heterocycles. The lowest BCUT2D eigenvalue weighted by Gasteiger charge is -2.28. The Labute approximate surface area is 166 Å². The van der Waals surface area contributed by atoms with Gasteiger partial charge in [-0.2, -0.15) is 0 Å². The molecule has 1 N–H and O–H groups in total. The van der Waals surface area contributed by atoms with E-state index in [1.807, 2.05) is 4.90 Å². The van der Waals surface area contributed by atoms with Crippen LogP contribution in [0.3, 0.4) is 0 Å². The SMILES string of the molecule is C=C1CCN(C(=O)CCCCCNS(=O)(=O)c2ccc3c(c2)OCCO3)CC1. The zero-order valence-corrected chi connectivity index (χ0v) is 16.9.